The number of carbonyl (C=O) groups excluding carboxylic acids is 2. The van der Waals surface area contributed by atoms with E-state index in [1.54, 1.807) is 6.92 Å². The maximum atomic E-state index is 12.0. The molecule has 1 aromatic rings. The lowest BCUT2D eigenvalue weighted by atomic mass is 9.95. The summed E-state index contributed by atoms with van der Waals surface area (Å²) in [5.74, 6) is -1.09. The predicted octanol–water partition coefficient (Wildman–Crippen LogP) is 2.64. The van der Waals surface area contributed by atoms with Crippen molar-refractivity contribution < 1.29 is 34.0 Å². The fourth-order valence-corrected chi connectivity index (χ4v) is 3.63. The van der Waals surface area contributed by atoms with Crippen molar-refractivity contribution in [2.45, 2.75) is 39.7 Å². The Morgan fingerprint density at radius 1 is 1.19 bits per heavy atom. The van der Waals surface area contributed by atoms with Crippen LogP contribution in [-0.4, -0.2) is 66.5 Å². The van der Waals surface area contributed by atoms with Crippen molar-refractivity contribution in [3.8, 4) is 11.5 Å². The number of benzene rings is 1. The van der Waals surface area contributed by atoms with Crippen LogP contribution in [-0.2, 0) is 32.0 Å². The maximum Gasteiger partial charge on any atom is 0.342 e. The van der Waals surface area contributed by atoms with Gasteiger partial charge in [0.15, 0.2) is 0 Å². The number of phenolic OH excluding ortho intramolecular Hbond substituents is 2. The number of hydrogen-bond acceptors (Lipinski definition) is 8. The molecule has 0 bridgehead atoms. The van der Waals surface area contributed by atoms with Gasteiger partial charge < -0.3 is 24.4 Å². The van der Waals surface area contributed by atoms with Crippen LogP contribution < -0.4 is 0 Å². The second kappa shape index (κ2) is 11.4. The molecule has 2 aliphatic rings. The van der Waals surface area contributed by atoms with Crippen molar-refractivity contribution in [2.24, 2.45) is 0 Å². The number of carbonyl (C=O) groups is 2. The van der Waals surface area contributed by atoms with E-state index >= 15 is 0 Å². The Kier molecular flexibility index (Phi) is 9.15. The zero-order chi connectivity index (χ0) is 21.7. The summed E-state index contributed by atoms with van der Waals surface area (Å²) < 4.78 is 15.5. The third kappa shape index (κ3) is 6.12. The highest BCUT2D eigenvalue weighted by atomic mass is 35.5. The molecule has 9 heteroatoms. The van der Waals surface area contributed by atoms with Crippen LogP contribution in [0.2, 0.25) is 0 Å². The summed E-state index contributed by atoms with van der Waals surface area (Å²) in [6, 6.07) is 0. The van der Waals surface area contributed by atoms with Crippen LogP contribution in [0.5, 0.6) is 11.5 Å². The SMILES string of the molecule is C/C(=C\Cc1c(O)c(C)c2c(c1O)C(=O)OC2)CCC(=O)OCCN1CCOCC1.Cl. The zero-order valence-corrected chi connectivity index (χ0v) is 18.8. The van der Waals surface area contributed by atoms with Crippen LogP contribution in [0.1, 0.15) is 46.8 Å². The molecule has 31 heavy (non-hydrogen) atoms. The Morgan fingerprint density at radius 2 is 1.90 bits per heavy atom. The van der Waals surface area contributed by atoms with Crippen LogP contribution in [0.4, 0.5) is 0 Å². The van der Waals surface area contributed by atoms with E-state index in [2.05, 4.69) is 4.90 Å². The number of hydrogen-bond donors (Lipinski definition) is 2. The number of fused-ring (bicyclic) bond motifs is 1. The molecule has 1 aromatic carbocycles. The number of aromatic hydroxyl groups is 2. The lowest BCUT2D eigenvalue weighted by Crippen LogP contribution is -2.38. The molecule has 1 fully saturated rings. The average molecular weight is 456 g/mol. The molecule has 2 N–H and O–H groups in total. The van der Waals surface area contributed by atoms with E-state index in [4.69, 9.17) is 14.2 Å². The number of nitrogens with zero attached hydrogens (tertiary/aromatic N) is 1. The first kappa shape index (κ1) is 25.0. The van der Waals surface area contributed by atoms with Crippen molar-refractivity contribution in [1.29, 1.82) is 0 Å². The van der Waals surface area contributed by atoms with E-state index in [9.17, 15) is 19.8 Å². The second-order valence-corrected chi connectivity index (χ2v) is 7.66. The molecule has 0 saturated carbocycles. The summed E-state index contributed by atoms with van der Waals surface area (Å²) in [7, 11) is 0. The van der Waals surface area contributed by atoms with E-state index in [0.717, 1.165) is 18.7 Å². The molecule has 0 unspecified atom stereocenters. The monoisotopic (exact) mass is 455 g/mol. The summed E-state index contributed by atoms with van der Waals surface area (Å²) in [6.45, 7) is 7.87. The van der Waals surface area contributed by atoms with Crippen LogP contribution in [0.25, 0.3) is 0 Å². The topological polar surface area (TPSA) is 106 Å². The summed E-state index contributed by atoms with van der Waals surface area (Å²) in [6.07, 6.45) is 2.86. The van der Waals surface area contributed by atoms with Crippen LogP contribution in [0.15, 0.2) is 11.6 Å². The summed E-state index contributed by atoms with van der Waals surface area (Å²) >= 11 is 0. The molecule has 8 nitrogen and oxygen atoms in total. The predicted molar refractivity (Wildman–Crippen MR) is 116 cm³/mol. The molecule has 0 amide bonds. The Morgan fingerprint density at radius 3 is 2.61 bits per heavy atom. The molecule has 0 atom stereocenters. The first-order valence-corrected chi connectivity index (χ1v) is 10.2. The molecule has 0 aromatic heterocycles. The third-order valence-corrected chi connectivity index (χ3v) is 5.62. The number of allylic oxidation sites excluding steroid dienone is 2. The van der Waals surface area contributed by atoms with Gasteiger partial charge in [0.25, 0.3) is 0 Å². The Bertz CT molecular complexity index is 847. The van der Waals surface area contributed by atoms with Gasteiger partial charge in [-0.05, 0) is 32.3 Å². The molecule has 2 aliphatic heterocycles. The van der Waals surface area contributed by atoms with Gasteiger partial charge in [-0.25, -0.2) is 4.79 Å². The van der Waals surface area contributed by atoms with Crippen molar-refractivity contribution in [3.05, 3.63) is 33.9 Å². The fourth-order valence-electron chi connectivity index (χ4n) is 3.63. The largest absolute Gasteiger partial charge is 0.507 e. The van der Waals surface area contributed by atoms with Crippen molar-refractivity contribution >= 4 is 24.3 Å². The molecular formula is C22H30ClNO7. The zero-order valence-electron chi connectivity index (χ0n) is 17.9. The van der Waals surface area contributed by atoms with Gasteiger partial charge >= 0.3 is 11.9 Å². The molecular weight excluding hydrogens is 426 g/mol. The number of rotatable bonds is 8. The van der Waals surface area contributed by atoms with Gasteiger partial charge in [-0.2, -0.15) is 0 Å². The normalized spacial score (nSPS) is 16.5. The molecule has 0 spiro atoms. The van der Waals surface area contributed by atoms with Gasteiger partial charge in [-0.15, -0.1) is 12.4 Å². The van der Waals surface area contributed by atoms with Crippen molar-refractivity contribution in [1.82, 2.24) is 4.90 Å². The smallest absolute Gasteiger partial charge is 0.342 e. The van der Waals surface area contributed by atoms with Crippen LogP contribution in [0.3, 0.4) is 0 Å². The minimum Gasteiger partial charge on any atom is -0.507 e. The summed E-state index contributed by atoms with van der Waals surface area (Å²) in [5.41, 5.74) is 2.42. The van der Waals surface area contributed by atoms with Gasteiger partial charge in [-0.3, -0.25) is 9.69 Å². The van der Waals surface area contributed by atoms with Crippen molar-refractivity contribution in [2.75, 3.05) is 39.5 Å². The highest BCUT2D eigenvalue weighted by molar-refractivity contribution is 5.98. The third-order valence-electron chi connectivity index (χ3n) is 5.62. The Balaban J connectivity index is 0.00000341. The van der Waals surface area contributed by atoms with E-state index < -0.39 is 5.97 Å². The first-order chi connectivity index (χ1) is 14.4. The van der Waals surface area contributed by atoms with E-state index in [1.807, 2.05) is 13.0 Å². The van der Waals surface area contributed by atoms with Gasteiger partial charge in [0, 0.05) is 37.2 Å². The Hall–Kier alpha value is -2.29. The highest BCUT2D eigenvalue weighted by Gasteiger charge is 2.31. The van der Waals surface area contributed by atoms with E-state index in [0.29, 0.717) is 43.9 Å². The molecule has 0 aliphatic carbocycles. The van der Waals surface area contributed by atoms with E-state index in [-0.39, 0.29) is 60.5 Å². The number of phenols is 2. The number of morpholine rings is 1. The van der Waals surface area contributed by atoms with Gasteiger partial charge in [0.2, 0.25) is 0 Å². The van der Waals surface area contributed by atoms with Crippen LogP contribution in [0, 0.1) is 6.92 Å². The second-order valence-electron chi connectivity index (χ2n) is 7.66. The van der Waals surface area contributed by atoms with E-state index in [1.165, 1.54) is 0 Å². The van der Waals surface area contributed by atoms with Crippen LogP contribution >= 0.6 is 12.4 Å². The number of halogens is 1. The first-order valence-electron chi connectivity index (χ1n) is 10.2. The summed E-state index contributed by atoms with van der Waals surface area (Å²) in [5, 5.41) is 20.9. The highest BCUT2D eigenvalue weighted by Crippen LogP contribution is 2.41. The standard InChI is InChI=1S/C22H29NO7.ClH/c1-14(4-6-18(24)29-12-9-23-7-10-28-11-8-23)3-5-16-20(25)15(2)17-13-30-22(27)19(17)21(16)26;/h3,25-26H,4-13H2,1-2H3;1H/b14-3+;. The number of ether oxygens (including phenoxy) is 3. The van der Waals surface area contributed by atoms with Gasteiger partial charge in [0.1, 0.15) is 30.3 Å². The number of esters is 2. The molecule has 3 rings (SSSR count). The molecule has 0 radical (unpaired) electrons. The van der Waals surface area contributed by atoms with Gasteiger partial charge in [-0.1, -0.05) is 11.6 Å². The summed E-state index contributed by atoms with van der Waals surface area (Å²) in [4.78, 5) is 26.0. The minimum absolute atomic E-state index is 0. The molecule has 1 saturated heterocycles. The molecule has 2 heterocycles. The average Bonchev–Trinajstić information content (AvgIpc) is 3.13. The maximum absolute atomic E-state index is 12.0. The lowest BCUT2D eigenvalue weighted by molar-refractivity contribution is -0.144. The Labute approximate surface area is 188 Å². The van der Waals surface area contributed by atoms with Gasteiger partial charge in [0.05, 0.1) is 13.2 Å². The minimum atomic E-state index is -0.577. The fraction of sp³-hybridized carbons (Fsp3) is 0.545. The lowest BCUT2D eigenvalue weighted by Gasteiger charge is -2.26. The van der Waals surface area contributed by atoms with Crippen molar-refractivity contribution in [3.63, 3.8) is 0 Å². The number of cyclic esters (lactones) is 1. The molecule has 172 valence electrons. The quantitative estimate of drug-likeness (QED) is 0.455.